The standard InChI is InChI=1S/C24H35N3O4/c1-19(28)25-11-13-26(14-12-25)21-6-15-31-24(18-21)7-9-27(10-8-24)23(29)17-20-4-3-5-22(16-20)30-2/h3-5,16,21H,6-15,17-18H2,1-2H3. The summed E-state index contributed by atoms with van der Waals surface area (Å²) in [6, 6.07) is 8.26. The summed E-state index contributed by atoms with van der Waals surface area (Å²) in [6.07, 6.45) is 4.31. The van der Waals surface area contributed by atoms with Crippen molar-refractivity contribution in [2.75, 3.05) is 53.0 Å². The number of methoxy groups -OCH3 is 1. The molecule has 3 aliphatic rings. The smallest absolute Gasteiger partial charge is 0.226 e. The number of hydrogen-bond donors (Lipinski definition) is 0. The van der Waals surface area contributed by atoms with Crippen LogP contribution in [0.1, 0.15) is 38.2 Å². The average Bonchev–Trinajstić information content (AvgIpc) is 2.80. The van der Waals surface area contributed by atoms with Crippen molar-refractivity contribution < 1.29 is 19.1 Å². The van der Waals surface area contributed by atoms with Crippen LogP contribution in [-0.2, 0) is 20.7 Å². The lowest BCUT2D eigenvalue weighted by molar-refractivity contribution is -0.151. The molecule has 3 saturated heterocycles. The monoisotopic (exact) mass is 429 g/mol. The Hall–Kier alpha value is -2.12. The fourth-order valence-corrected chi connectivity index (χ4v) is 5.30. The molecule has 7 heteroatoms. The molecule has 3 aliphatic heterocycles. The van der Waals surface area contributed by atoms with Crippen LogP contribution in [0.2, 0.25) is 0 Å². The third-order valence-electron chi connectivity index (χ3n) is 7.26. The summed E-state index contributed by atoms with van der Waals surface area (Å²) in [7, 11) is 1.64. The highest BCUT2D eigenvalue weighted by Crippen LogP contribution is 2.37. The Morgan fingerprint density at radius 1 is 1.10 bits per heavy atom. The lowest BCUT2D eigenvalue weighted by Gasteiger charge is -2.49. The third-order valence-corrected chi connectivity index (χ3v) is 7.26. The number of nitrogens with zero attached hydrogens (tertiary/aromatic N) is 3. The fraction of sp³-hybridized carbons (Fsp3) is 0.667. The van der Waals surface area contributed by atoms with Gasteiger partial charge in [0.1, 0.15) is 5.75 Å². The number of likely N-dealkylation sites (tertiary alicyclic amines) is 1. The van der Waals surface area contributed by atoms with E-state index in [9.17, 15) is 9.59 Å². The molecule has 3 heterocycles. The number of carbonyl (C=O) groups excluding carboxylic acids is 2. The summed E-state index contributed by atoms with van der Waals surface area (Å²) in [6.45, 7) is 7.51. The van der Waals surface area contributed by atoms with Crippen LogP contribution in [0, 0.1) is 0 Å². The summed E-state index contributed by atoms with van der Waals surface area (Å²) in [5, 5.41) is 0. The van der Waals surface area contributed by atoms with E-state index in [-0.39, 0.29) is 17.4 Å². The SMILES string of the molecule is COc1cccc(CC(=O)N2CCC3(CC2)CC(N2CCN(C(C)=O)CC2)CCO3)c1. The number of ether oxygens (including phenoxy) is 2. The van der Waals surface area contributed by atoms with Crippen molar-refractivity contribution in [1.29, 1.82) is 0 Å². The Morgan fingerprint density at radius 2 is 1.84 bits per heavy atom. The summed E-state index contributed by atoms with van der Waals surface area (Å²) < 4.78 is 11.6. The minimum atomic E-state index is -0.104. The van der Waals surface area contributed by atoms with E-state index in [2.05, 4.69) is 4.90 Å². The van der Waals surface area contributed by atoms with Gasteiger partial charge in [-0.15, -0.1) is 0 Å². The highest BCUT2D eigenvalue weighted by atomic mass is 16.5. The van der Waals surface area contributed by atoms with Gasteiger partial charge in [0.25, 0.3) is 0 Å². The summed E-state index contributed by atoms with van der Waals surface area (Å²) in [5.41, 5.74) is 0.885. The summed E-state index contributed by atoms with van der Waals surface area (Å²) >= 11 is 0. The van der Waals surface area contributed by atoms with Gasteiger partial charge in [-0.1, -0.05) is 12.1 Å². The minimum Gasteiger partial charge on any atom is -0.497 e. The van der Waals surface area contributed by atoms with Gasteiger partial charge >= 0.3 is 0 Å². The van der Waals surface area contributed by atoms with Crippen molar-refractivity contribution in [2.45, 2.75) is 50.7 Å². The number of carbonyl (C=O) groups is 2. The largest absolute Gasteiger partial charge is 0.497 e. The molecular weight excluding hydrogens is 394 g/mol. The predicted molar refractivity (Wildman–Crippen MR) is 118 cm³/mol. The van der Waals surface area contributed by atoms with E-state index in [1.165, 1.54) is 0 Å². The highest BCUT2D eigenvalue weighted by molar-refractivity contribution is 5.79. The topological polar surface area (TPSA) is 62.3 Å². The van der Waals surface area contributed by atoms with Crippen LogP contribution in [0.25, 0.3) is 0 Å². The molecule has 1 atom stereocenters. The van der Waals surface area contributed by atoms with E-state index in [1.54, 1.807) is 14.0 Å². The first-order valence-corrected chi connectivity index (χ1v) is 11.5. The van der Waals surface area contributed by atoms with Crippen LogP contribution in [0.5, 0.6) is 5.75 Å². The van der Waals surface area contributed by atoms with Crippen LogP contribution >= 0.6 is 0 Å². The van der Waals surface area contributed by atoms with E-state index in [4.69, 9.17) is 9.47 Å². The van der Waals surface area contributed by atoms with Gasteiger partial charge in [-0.25, -0.2) is 0 Å². The maximum absolute atomic E-state index is 12.8. The molecule has 0 aromatic heterocycles. The van der Waals surface area contributed by atoms with Gasteiger partial charge in [-0.05, 0) is 43.4 Å². The number of rotatable bonds is 4. The van der Waals surface area contributed by atoms with Crippen molar-refractivity contribution in [1.82, 2.24) is 14.7 Å². The molecular formula is C24H35N3O4. The molecule has 3 fully saturated rings. The Labute approximate surface area is 185 Å². The maximum Gasteiger partial charge on any atom is 0.226 e. The van der Waals surface area contributed by atoms with Gasteiger partial charge in [0.05, 0.1) is 19.1 Å². The quantitative estimate of drug-likeness (QED) is 0.732. The van der Waals surface area contributed by atoms with E-state index in [0.29, 0.717) is 12.5 Å². The van der Waals surface area contributed by atoms with Crippen LogP contribution in [0.4, 0.5) is 0 Å². The maximum atomic E-state index is 12.8. The highest BCUT2D eigenvalue weighted by Gasteiger charge is 2.42. The van der Waals surface area contributed by atoms with Crippen LogP contribution in [-0.4, -0.2) is 91.1 Å². The molecule has 0 N–H and O–H groups in total. The van der Waals surface area contributed by atoms with Gasteiger partial charge in [-0.2, -0.15) is 0 Å². The van der Waals surface area contributed by atoms with E-state index in [1.807, 2.05) is 34.1 Å². The number of amides is 2. The number of piperazine rings is 1. The average molecular weight is 430 g/mol. The first kappa shape index (κ1) is 22.1. The second-order valence-electron chi connectivity index (χ2n) is 9.13. The Bertz CT molecular complexity index is 783. The third kappa shape index (κ3) is 5.21. The van der Waals surface area contributed by atoms with Crippen molar-refractivity contribution >= 4 is 11.8 Å². The Balaban J connectivity index is 1.29. The van der Waals surface area contributed by atoms with Gasteiger partial charge in [0.2, 0.25) is 11.8 Å². The molecule has 170 valence electrons. The van der Waals surface area contributed by atoms with E-state index >= 15 is 0 Å². The van der Waals surface area contributed by atoms with Gasteiger partial charge in [0, 0.05) is 58.8 Å². The number of piperidine rings is 1. The molecule has 1 unspecified atom stereocenters. The first-order chi connectivity index (χ1) is 15.0. The van der Waals surface area contributed by atoms with Gasteiger partial charge < -0.3 is 19.3 Å². The van der Waals surface area contributed by atoms with Gasteiger partial charge in [-0.3, -0.25) is 14.5 Å². The molecule has 0 saturated carbocycles. The predicted octanol–water partition coefficient (Wildman–Crippen LogP) is 1.94. The number of benzene rings is 1. The zero-order valence-corrected chi connectivity index (χ0v) is 18.8. The van der Waals surface area contributed by atoms with Crippen molar-refractivity contribution in [3.05, 3.63) is 29.8 Å². The van der Waals surface area contributed by atoms with Crippen LogP contribution < -0.4 is 4.74 Å². The van der Waals surface area contributed by atoms with Gasteiger partial charge in [0.15, 0.2) is 0 Å². The normalized spacial score (nSPS) is 24.3. The zero-order chi connectivity index (χ0) is 21.8. The first-order valence-electron chi connectivity index (χ1n) is 11.5. The van der Waals surface area contributed by atoms with Crippen LogP contribution in [0.3, 0.4) is 0 Å². The second-order valence-corrected chi connectivity index (χ2v) is 9.13. The molecule has 1 aromatic rings. The molecule has 4 rings (SSSR count). The Morgan fingerprint density at radius 3 is 2.52 bits per heavy atom. The fourth-order valence-electron chi connectivity index (χ4n) is 5.30. The molecule has 1 aromatic carbocycles. The molecule has 0 aliphatic carbocycles. The molecule has 2 amide bonds. The van der Waals surface area contributed by atoms with Crippen molar-refractivity contribution in [2.24, 2.45) is 0 Å². The lowest BCUT2D eigenvalue weighted by atomic mass is 9.81. The van der Waals surface area contributed by atoms with Crippen molar-refractivity contribution in [3.63, 3.8) is 0 Å². The van der Waals surface area contributed by atoms with Crippen LogP contribution in [0.15, 0.2) is 24.3 Å². The number of hydrogen-bond acceptors (Lipinski definition) is 5. The molecule has 7 nitrogen and oxygen atoms in total. The minimum absolute atomic E-state index is 0.104. The molecule has 1 spiro atoms. The Kier molecular flexibility index (Phi) is 6.82. The summed E-state index contributed by atoms with van der Waals surface area (Å²) in [5.74, 6) is 1.14. The lowest BCUT2D eigenvalue weighted by Crippen LogP contribution is -2.57. The zero-order valence-electron chi connectivity index (χ0n) is 18.8. The van der Waals surface area contributed by atoms with E-state index < -0.39 is 0 Å². The molecule has 0 bridgehead atoms. The second kappa shape index (κ2) is 9.57. The van der Waals surface area contributed by atoms with Crippen molar-refractivity contribution in [3.8, 4) is 5.75 Å². The summed E-state index contributed by atoms with van der Waals surface area (Å²) in [4.78, 5) is 30.9. The molecule has 0 radical (unpaired) electrons. The van der Waals surface area contributed by atoms with E-state index in [0.717, 1.165) is 82.9 Å². The molecule has 31 heavy (non-hydrogen) atoms.